The van der Waals surface area contributed by atoms with Crippen LogP contribution in [-0.2, 0) is 22.0 Å². The first-order chi connectivity index (χ1) is 11.3. The van der Waals surface area contributed by atoms with E-state index in [1.54, 1.807) is 12.1 Å². The lowest BCUT2D eigenvalue weighted by Crippen LogP contribution is -2.39. The van der Waals surface area contributed by atoms with Gasteiger partial charge in [0.2, 0.25) is 10.0 Å². The summed E-state index contributed by atoms with van der Waals surface area (Å²) < 4.78 is 27.1. The second kappa shape index (κ2) is 5.97. The summed E-state index contributed by atoms with van der Waals surface area (Å²) in [6, 6.07) is 12.0. The third-order valence-electron chi connectivity index (χ3n) is 4.24. The van der Waals surface area contributed by atoms with E-state index in [0.717, 1.165) is 23.3 Å². The first-order valence-electron chi connectivity index (χ1n) is 7.37. The minimum absolute atomic E-state index is 0.0806. The minimum Gasteiger partial charge on any atom is -0.384 e. The van der Waals surface area contributed by atoms with Crippen molar-refractivity contribution in [1.82, 2.24) is 4.72 Å². The molecule has 0 saturated heterocycles. The van der Waals surface area contributed by atoms with Gasteiger partial charge in [0.1, 0.15) is 5.60 Å². The van der Waals surface area contributed by atoms with Gasteiger partial charge in [-0.3, -0.25) is 10.1 Å². The second-order valence-corrected chi connectivity index (χ2v) is 7.53. The van der Waals surface area contributed by atoms with E-state index in [0.29, 0.717) is 12.8 Å². The van der Waals surface area contributed by atoms with Gasteiger partial charge >= 0.3 is 0 Å². The normalized spacial score (nSPS) is 19.9. The lowest BCUT2D eigenvalue weighted by molar-refractivity contribution is -0.384. The molecule has 0 saturated carbocycles. The molecule has 0 heterocycles. The Morgan fingerprint density at radius 1 is 1.17 bits per heavy atom. The lowest BCUT2D eigenvalue weighted by atomic mass is 9.96. The summed E-state index contributed by atoms with van der Waals surface area (Å²) in [4.78, 5) is 9.95. The van der Waals surface area contributed by atoms with Crippen LogP contribution in [0.15, 0.2) is 53.4 Å². The van der Waals surface area contributed by atoms with Crippen molar-refractivity contribution in [3.8, 4) is 0 Å². The zero-order chi connectivity index (χ0) is 17.4. The number of nitrogens with zero attached hydrogens (tertiary/aromatic N) is 1. The Morgan fingerprint density at radius 3 is 2.50 bits per heavy atom. The van der Waals surface area contributed by atoms with Gasteiger partial charge in [0.25, 0.3) is 5.69 Å². The van der Waals surface area contributed by atoms with Gasteiger partial charge in [-0.05, 0) is 36.1 Å². The highest BCUT2D eigenvalue weighted by Gasteiger charge is 2.37. The molecule has 1 atom stereocenters. The van der Waals surface area contributed by atoms with Crippen LogP contribution in [0.1, 0.15) is 17.5 Å². The highest BCUT2D eigenvalue weighted by molar-refractivity contribution is 7.89. The number of benzene rings is 2. The standard InChI is InChI=1S/C16H16N2O5S/c19-16(10-9-12-3-1-2-4-15(12)16)11-17-24(22,23)14-7-5-13(6-8-14)18(20)21/h1-8,17,19H,9-11H2. The first-order valence-corrected chi connectivity index (χ1v) is 8.85. The summed E-state index contributed by atoms with van der Waals surface area (Å²) >= 11 is 0. The average molecular weight is 348 g/mol. The minimum atomic E-state index is -3.86. The molecule has 0 amide bonds. The van der Waals surface area contributed by atoms with E-state index in [1.807, 2.05) is 12.1 Å². The topological polar surface area (TPSA) is 110 Å². The molecule has 1 aliphatic rings. The van der Waals surface area contributed by atoms with Crippen LogP contribution in [0.5, 0.6) is 0 Å². The van der Waals surface area contributed by atoms with Crippen molar-refractivity contribution in [2.24, 2.45) is 0 Å². The van der Waals surface area contributed by atoms with Gasteiger partial charge < -0.3 is 5.11 Å². The highest BCUT2D eigenvalue weighted by atomic mass is 32.2. The molecule has 0 aliphatic heterocycles. The molecule has 2 aromatic carbocycles. The average Bonchev–Trinajstić information content (AvgIpc) is 2.92. The van der Waals surface area contributed by atoms with Gasteiger partial charge in [0, 0.05) is 18.7 Å². The van der Waals surface area contributed by atoms with Gasteiger partial charge in [-0.25, -0.2) is 13.1 Å². The van der Waals surface area contributed by atoms with E-state index >= 15 is 0 Å². The zero-order valence-corrected chi connectivity index (χ0v) is 13.5. The summed E-state index contributed by atoms with van der Waals surface area (Å²) in [5, 5.41) is 21.4. The summed E-state index contributed by atoms with van der Waals surface area (Å²) in [5.74, 6) is 0. The maximum Gasteiger partial charge on any atom is 0.269 e. The predicted octanol–water partition coefficient (Wildman–Crippen LogP) is 1.71. The third kappa shape index (κ3) is 3.03. The third-order valence-corrected chi connectivity index (χ3v) is 5.66. The molecule has 2 N–H and O–H groups in total. The lowest BCUT2D eigenvalue weighted by Gasteiger charge is -2.24. The van der Waals surface area contributed by atoms with Crippen LogP contribution >= 0.6 is 0 Å². The van der Waals surface area contributed by atoms with Crippen LogP contribution in [0.2, 0.25) is 0 Å². The van der Waals surface area contributed by atoms with E-state index < -0.39 is 20.5 Å². The molecule has 2 aromatic rings. The molecule has 0 fully saturated rings. The number of nitro benzene ring substituents is 1. The van der Waals surface area contributed by atoms with Crippen LogP contribution in [-0.4, -0.2) is 25.0 Å². The Morgan fingerprint density at radius 2 is 1.83 bits per heavy atom. The molecule has 0 spiro atoms. The number of nitrogens with one attached hydrogen (secondary N) is 1. The smallest absolute Gasteiger partial charge is 0.269 e. The number of hydrogen-bond donors (Lipinski definition) is 2. The largest absolute Gasteiger partial charge is 0.384 e. The van der Waals surface area contributed by atoms with Crippen molar-refractivity contribution in [3.63, 3.8) is 0 Å². The van der Waals surface area contributed by atoms with E-state index in [-0.39, 0.29) is 17.1 Å². The van der Waals surface area contributed by atoms with Crippen LogP contribution < -0.4 is 4.72 Å². The molecule has 3 rings (SSSR count). The number of rotatable bonds is 5. The number of nitro groups is 1. The first kappa shape index (κ1) is 16.6. The summed E-state index contributed by atoms with van der Waals surface area (Å²) in [5.41, 5.74) is 0.313. The maximum absolute atomic E-state index is 12.3. The van der Waals surface area contributed by atoms with Gasteiger partial charge in [-0.2, -0.15) is 0 Å². The Labute approximate surface area is 139 Å². The quantitative estimate of drug-likeness (QED) is 0.631. The van der Waals surface area contributed by atoms with Gasteiger partial charge in [0.05, 0.1) is 9.82 Å². The van der Waals surface area contributed by atoms with Gasteiger partial charge in [-0.15, -0.1) is 0 Å². The second-order valence-electron chi connectivity index (χ2n) is 5.76. The van der Waals surface area contributed by atoms with Crippen molar-refractivity contribution in [1.29, 1.82) is 0 Å². The highest BCUT2D eigenvalue weighted by Crippen LogP contribution is 2.36. The Balaban J connectivity index is 1.77. The summed E-state index contributed by atoms with van der Waals surface area (Å²) in [6.45, 7) is -0.149. The van der Waals surface area contributed by atoms with Crippen LogP contribution in [0, 0.1) is 10.1 Å². The molecule has 0 aromatic heterocycles. The summed E-state index contributed by atoms with van der Waals surface area (Å²) in [6.07, 6.45) is 1.13. The molecule has 126 valence electrons. The van der Waals surface area contributed by atoms with Gasteiger partial charge in [-0.1, -0.05) is 24.3 Å². The van der Waals surface area contributed by atoms with E-state index in [9.17, 15) is 23.6 Å². The van der Waals surface area contributed by atoms with Crippen molar-refractivity contribution in [2.45, 2.75) is 23.3 Å². The van der Waals surface area contributed by atoms with Gasteiger partial charge in [0.15, 0.2) is 0 Å². The maximum atomic E-state index is 12.3. The van der Waals surface area contributed by atoms with E-state index in [2.05, 4.69) is 4.72 Å². The molecule has 0 radical (unpaired) electrons. The fourth-order valence-corrected chi connectivity index (χ4v) is 3.99. The molecule has 8 heteroatoms. The number of fused-ring (bicyclic) bond motifs is 1. The monoisotopic (exact) mass is 348 g/mol. The number of aliphatic hydroxyl groups is 1. The zero-order valence-electron chi connectivity index (χ0n) is 12.7. The fraction of sp³-hybridized carbons (Fsp3) is 0.250. The number of hydrogen-bond acceptors (Lipinski definition) is 5. The van der Waals surface area contributed by atoms with Crippen molar-refractivity contribution in [2.75, 3.05) is 6.54 Å². The molecule has 1 unspecified atom stereocenters. The Bertz CT molecular complexity index is 880. The fourth-order valence-electron chi connectivity index (χ4n) is 2.90. The molecular formula is C16H16N2O5S. The molecule has 7 nitrogen and oxygen atoms in total. The molecule has 1 aliphatic carbocycles. The number of non-ortho nitro benzene ring substituents is 1. The number of aryl methyl sites for hydroxylation is 1. The van der Waals surface area contributed by atoms with Crippen LogP contribution in [0.4, 0.5) is 5.69 Å². The van der Waals surface area contributed by atoms with Crippen LogP contribution in [0.25, 0.3) is 0 Å². The van der Waals surface area contributed by atoms with E-state index in [1.165, 1.54) is 12.1 Å². The molecule has 0 bridgehead atoms. The SMILES string of the molecule is O=[N+]([O-])c1ccc(S(=O)(=O)NCC2(O)CCc3ccccc32)cc1. The van der Waals surface area contributed by atoms with E-state index in [4.69, 9.17) is 0 Å². The van der Waals surface area contributed by atoms with Crippen molar-refractivity contribution < 1.29 is 18.4 Å². The van der Waals surface area contributed by atoms with Crippen molar-refractivity contribution >= 4 is 15.7 Å². The predicted molar refractivity (Wildman–Crippen MR) is 86.9 cm³/mol. The molecule has 24 heavy (non-hydrogen) atoms. The molecular weight excluding hydrogens is 332 g/mol. The van der Waals surface area contributed by atoms with Crippen LogP contribution in [0.3, 0.4) is 0 Å². The number of sulfonamides is 1. The summed E-state index contributed by atoms with van der Waals surface area (Å²) in [7, 11) is -3.86. The Kier molecular flexibility index (Phi) is 4.12. The van der Waals surface area contributed by atoms with Crippen molar-refractivity contribution in [3.05, 3.63) is 69.8 Å². The Hall–Kier alpha value is -2.29.